The number of thioether (sulfide) groups is 1. The predicted octanol–water partition coefficient (Wildman–Crippen LogP) is 4.34. The summed E-state index contributed by atoms with van der Waals surface area (Å²) >= 11 is 1.53. The first-order valence-electron chi connectivity index (χ1n) is 12.1. The summed E-state index contributed by atoms with van der Waals surface area (Å²) in [6.07, 6.45) is 5.52. The number of benzene rings is 2. The highest BCUT2D eigenvalue weighted by molar-refractivity contribution is 7.99. The Morgan fingerprint density at radius 2 is 1.94 bits per heavy atom. The molecule has 2 atom stereocenters. The van der Waals surface area contributed by atoms with Gasteiger partial charge in [-0.05, 0) is 49.4 Å². The van der Waals surface area contributed by atoms with Gasteiger partial charge in [0.05, 0.1) is 38.7 Å². The summed E-state index contributed by atoms with van der Waals surface area (Å²) in [4.78, 5) is 15.1. The number of rotatable bonds is 10. The average molecular weight is 497 g/mol. The molecular weight excluding hydrogens is 460 g/mol. The highest BCUT2D eigenvalue weighted by atomic mass is 32.2. The SMILES string of the molecule is C=CCO[C@H]1[C@H](NC(=O)CSC)c2ccccc2C12CCN(Cc1cccc(OC)c1OC)CC2. The van der Waals surface area contributed by atoms with Gasteiger partial charge in [-0.2, -0.15) is 11.8 Å². The van der Waals surface area contributed by atoms with E-state index in [9.17, 15) is 4.79 Å². The van der Waals surface area contributed by atoms with Crippen molar-refractivity contribution in [2.45, 2.75) is 36.9 Å². The van der Waals surface area contributed by atoms with E-state index in [4.69, 9.17) is 14.2 Å². The van der Waals surface area contributed by atoms with E-state index in [0.717, 1.165) is 49.5 Å². The van der Waals surface area contributed by atoms with Crippen LogP contribution in [0.3, 0.4) is 0 Å². The number of hydrogen-bond acceptors (Lipinski definition) is 6. The summed E-state index contributed by atoms with van der Waals surface area (Å²) in [5.74, 6) is 2.04. The molecule has 4 rings (SSSR count). The zero-order chi connectivity index (χ0) is 24.8. The number of carbonyl (C=O) groups excluding carboxylic acids is 1. The number of carbonyl (C=O) groups is 1. The summed E-state index contributed by atoms with van der Waals surface area (Å²) in [5.41, 5.74) is 3.46. The molecule has 0 aromatic heterocycles. The van der Waals surface area contributed by atoms with Crippen molar-refractivity contribution in [2.24, 2.45) is 0 Å². The van der Waals surface area contributed by atoms with Gasteiger partial charge in [0.1, 0.15) is 0 Å². The Hall–Kier alpha value is -2.48. The van der Waals surface area contributed by atoms with Gasteiger partial charge in [-0.3, -0.25) is 9.69 Å². The van der Waals surface area contributed by atoms with Crippen LogP contribution in [-0.2, 0) is 21.5 Å². The molecule has 2 aromatic carbocycles. The summed E-state index contributed by atoms with van der Waals surface area (Å²) in [7, 11) is 3.36. The summed E-state index contributed by atoms with van der Waals surface area (Å²) in [6, 6.07) is 14.4. The second kappa shape index (κ2) is 11.5. The van der Waals surface area contributed by atoms with Crippen molar-refractivity contribution in [1.29, 1.82) is 0 Å². The summed E-state index contributed by atoms with van der Waals surface area (Å²) < 4.78 is 17.6. The fourth-order valence-corrected chi connectivity index (χ4v) is 6.11. The van der Waals surface area contributed by atoms with Crippen LogP contribution in [0.1, 0.15) is 35.6 Å². The number of likely N-dealkylation sites (tertiary alicyclic amines) is 1. The molecular formula is C28H36N2O4S. The monoisotopic (exact) mass is 496 g/mol. The van der Waals surface area contributed by atoms with E-state index in [1.54, 1.807) is 20.3 Å². The third-order valence-corrected chi connectivity index (χ3v) is 7.84. The number of piperidine rings is 1. The van der Waals surface area contributed by atoms with Gasteiger partial charge in [0.2, 0.25) is 5.91 Å². The Morgan fingerprint density at radius 3 is 2.63 bits per heavy atom. The highest BCUT2D eigenvalue weighted by Crippen LogP contribution is 2.52. The summed E-state index contributed by atoms with van der Waals surface area (Å²) in [5, 5.41) is 3.28. The molecule has 1 saturated heterocycles. The van der Waals surface area contributed by atoms with E-state index in [1.165, 1.54) is 22.9 Å². The number of nitrogens with one attached hydrogen (secondary N) is 1. The van der Waals surface area contributed by atoms with E-state index in [-0.39, 0.29) is 23.5 Å². The van der Waals surface area contributed by atoms with Crippen molar-refractivity contribution in [2.75, 3.05) is 45.9 Å². The third kappa shape index (κ3) is 5.08. The van der Waals surface area contributed by atoms with Gasteiger partial charge < -0.3 is 19.5 Å². The fourth-order valence-electron chi connectivity index (χ4n) is 5.77. The molecule has 188 valence electrons. The molecule has 1 aliphatic heterocycles. The maximum absolute atomic E-state index is 12.6. The molecule has 2 aliphatic rings. The van der Waals surface area contributed by atoms with Crippen molar-refractivity contribution in [3.8, 4) is 11.5 Å². The van der Waals surface area contributed by atoms with E-state index in [1.807, 2.05) is 18.4 Å². The van der Waals surface area contributed by atoms with E-state index < -0.39 is 0 Å². The molecule has 35 heavy (non-hydrogen) atoms. The van der Waals surface area contributed by atoms with Gasteiger partial charge in [0.25, 0.3) is 0 Å². The van der Waals surface area contributed by atoms with Crippen LogP contribution in [0.15, 0.2) is 55.1 Å². The maximum atomic E-state index is 12.6. The molecule has 1 aliphatic carbocycles. The van der Waals surface area contributed by atoms with Gasteiger partial charge >= 0.3 is 0 Å². The van der Waals surface area contributed by atoms with Crippen molar-refractivity contribution in [3.05, 3.63) is 71.8 Å². The molecule has 0 radical (unpaired) electrons. The topological polar surface area (TPSA) is 60.0 Å². The predicted molar refractivity (Wildman–Crippen MR) is 141 cm³/mol. The molecule has 1 heterocycles. The lowest BCUT2D eigenvalue weighted by Gasteiger charge is -2.44. The molecule has 6 nitrogen and oxygen atoms in total. The lowest BCUT2D eigenvalue weighted by molar-refractivity contribution is -0.121. The minimum atomic E-state index is -0.157. The minimum Gasteiger partial charge on any atom is -0.493 e. The maximum Gasteiger partial charge on any atom is 0.230 e. The molecule has 1 fully saturated rings. The van der Waals surface area contributed by atoms with Crippen molar-refractivity contribution >= 4 is 17.7 Å². The van der Waals surface area contributed by atoms with Crippen LogP contribution >= 0.6 is 11.8 Å². The van der Waals surface area contributed by atoms with Gasteiger partial charge in [-0.1, -0.05) is 42.5 Å². The summed E-state index contributed by atoms with van der Waals surface area (Å²) in [6.45, 7) is 6.97. The van der Waals surface area contributed by atoms with Crippen LogP contribution in [0, 0.1) is 0 Å². The number of hydrogen-bond donors (Lipinski definition) is 1. The van der Waals surface area contributed by atoms with Crippen LogP contribution in [-0.4, -0.2) is 62.8 Å². The molecule has 1 N–H and O–H groups in total. The van der Waals surface area contributed by atoms with Crippen molar-refractivity contribution in [1.82, 2.24) is 10.2 Å². The molecule has 2 aromatic rings. The zero-order valence-corrected chi connectivity index (χ0v) is 21.7. The standard InChI is InChI=1S/C28H36N2O4S/c1-5-17-34-27-25(29-24(31)19-35-4)21-10-6-7-11-22(21)28(27)13-15-30(16-14-28)18-20-9-8-12-23(32-2)26(20)33-3/h5-12,25,27H,1,13-19H2,2-4H3,(H,29,31)/t25-,27+/m1/s1. The molecule has 7 heteroatoms. The number of amides is 1. The van der Waals surface area contributed by atoms with Gasteiger partial charge in [0.15, 0.2) is 11.5 Å². The number of ether oxygens (including phenoxy) is 3. The lowest BCUT2D eigenvalue weighted by Crippen LogP contribution is -2.50. The van der Waals surface area contributed by atoms with Gasteiger partial charge in [-0.15, -0.1) is 6.58 Å². The van der Waals surface area contributed by atoms with Crippen LogP contribution in [0.5, 0.6) is 11.5 Å². The lowest BCUT2D eigenvalue weighted by atomic mass is 9.71. The molecule has 1 amide bonds. The first kappa shape index (κ1) is 25.6. The number of para-hydroxylation sites is 1. The Kier molecular flexibility index (Phi) is 8.42. The Morgan fingerprint density at radius 1 is 1.17 bits per heavy atom. The third-order valence-electron chi connectivity index (χ3n) is 7.29. The fraction of sp³-hybridized carbons (Fsp3) is 0.464. The highest BCUT2D eigenvalue weighted by Gasteiger charge is 2.54. The van der Waals surface area contributed by atoms with Crippen molar-refractivity contribution < 1.29 is 19.0 Å². The van der Waals surface area contributed by atoms with Crippen LogP contribution in [0.4, 0.5) is 0 Å². The first-order valence-corrected chi connectivity index (χ1v) is 13.5. The van der Waals surface area contributed by atoms with Gasteiger partial charge in [-0.25, -0.2) is 0 Å². The normalized spacial score (nSPS) is 20.9. The van der Waals surface area contributed by atoms with E-state index >= 15 is 0 Å². The minimum absolute atomic E-state index is 0.0455. The van der Waals surface area contributed by atoms with E-state index in [2.05, 4.69) is 47.1 Å². The quantitative estimate of drug-likeness (QED) is 0.494. The number of fused-ring (bicyclic) bond motifs is 2. The van der Waals surface area contributed by atoms with Crippen LogP contribution in [0.25, 0.3) is 0 Å². The smallest absolute Gasteiger partial charge is 0.230 e. The Bertz CT molecular complexity index is 1040. The molecule has 0 unspecified atom stereocenters. The number of methoxy groups -OCH3 is 2. The second-order valence-corrected chi connectivity index (χ2v) is 10.1. The first-order chi connectivity index (χ1) is 17.1. The second-order valence-electron chi connectivity index (χ2n) is 9.19. The Balaban J connectivity index is 1.58. The average Bonchev–Trinajstić information content (AvgIpc) is 3.12. The zero-order valence-electron chi connectivity index (χ0n) is 20.9. The number of nitrogens with zero attached hydrogens (tertiary/aromatic N) is 1. The van der Waals surface area contributed by atoms with Crippen molar-refractivity contribution in [3.63, 3.8) is 0 Å². The largest absolute Gasteiger partial charge is 0.493 e. The molecule has 1 spiro atoms. The molecule has 0 saturated carbocycles. The van der Waals surface area contributed by atoms with Gasteiger partial charge in [0, 0.05) is 17.5 Å². The van der Waals surface area contributed by atoms with Crippen LogP contribution in [0.2, 0.25) is 0 Å². The Labute approximate surface area is 213 Å². The molecule has 0 bridgehead atoms. The van der Waals surface area contributed by atoms with E-state index in [0.29, 0.717) is 12.4 Å². The van der Waals surface area contributed by atoms with Crippen LogP contribution < -0.4 is 14.8 Å².